The average Bonchev–Trinajstić information content (AvgIpc) is 2.61. The minimum absolute atomic E-state index is 0.0663. The van der Waals surface area contributed by atoms with Crippen molar-refractivity contribution in [2.24, 2.45) is 0 Å². The van der Waals surface area contributed by atoms with Gasteiger partial charge in [-0.2, -0.15) is 0 Å². The first-order valence-corrected chi connectivity index (χ1v) is 8.05. The summed E-state index contributed by atoms with van der Waals surface area (Å²) in [5.41, 5.74) is 4.28. The Labute approximate surface area is 146 Å². The zero-order chi connectivity index (χ0) is 17.8. The molecule has 0 heterocycles. The van der Waals surface area contributed by atoms with Crippen LogP contribution in [-0.2, 0) is 19.4 Å². The Morgan fingerprint density at radius 1 is 0.560 bits per heavy atom. The Balaban J connectivity index is 1.83. The first-order valence-electron chi connectivity index (χ1n) is 8.05. The maximum Gasteiger partial charge on any atom is 0.121 e. The van der Waals surface area contributed by atoms with Crippen LogP contribution < -0.4 is 0 Å². The maximum absolute atomic E-state index is 10.1. The molecule has 0 saturated carbocycles. The van der Waals surface area contributed by atoms with E-state index in [-0.39, 0.29) is 23.9 Å². The fourth-order valence-electron chi connectivity index (χ4n) is 2.84. The van der Waals surface area contributed by atoms with Crippen molar-refractivity contribution < 1.29 is 20.4 Å². The van der Waals surface area contributed by atoms with Crippen molar-refractivity contribution in [1.29, 1.82) is 0 Å². The highest BCUT2D eigenvalue weighted by atomic mass is 16.3. The lowest BCUT2D eigenvalue weighted by molar-refractivity contribution is 0.275. The monoisotopic (exact) mass is 336 g/mol. The van der Waals surface area contributed by atoms with Gasteiger partial charge in [0.05, 0.1) is 6.61 Å². The highest BCUT2D eigenvalue weighted by Crippen LogP contribution is 2.26. The molecule has 0 fully saturated rings. The summed E-state index contributed by atoms with van der Waals surface area (Å²) in [6, 6.07) is 17.6. The lowest BCUT2D eigenvalue weighted by atomic mass is 9.97. The molecule has 4 nitrogen and oxygen atoms in total. The van der Waals surface area contributed by atoms with E-state index >= 15 is 0 Å². The third-order valence-electron chi connectivity index (χ3n) is 4.20. The molecule has 0 aliphatic carbocycles. The topological polar surface area (TPSA) is 80.9 Å². The molecule has 0 aliphatic heterocycles. The molecular formula is C21H20O4. The fourth-order valence-corrected chi connectivity index (χ4v) is 2.84. The maximum atomic E-state index is 10.1. The summed E-state index contributed by atoms with van der Waals surface area (Å²) >= 11 is 0. The van der Waals surface area contributed by atoms with Crippen LogP contribution in [0.3, 0.4) is 0 Å². The molecule has 3 aromatic carbocycles. The van der Waals surface area contributed by atoms with Crippen LogP contribution in [0.15, 0.2) is 60.7 Å². The number of hydrogen-bond donors (Lipinski definition) is 4. The van der Waals surface area contributed by atoms with E-state index in [9.17, 15) is 20.4 Å². The summed E-state index contributed by atoms with van der Waals surface area (Å²) in [6.07, 6.45) is 1.20. The number of phenolic OH excluding ortho intramolecular Hbond substituents is 2. The number of rotatable bonds is 5. The summed E-state index contributed by atoms with van der Waals surface area (Å²) in [7, 11) is 0. The predicted molar refractivity (Wildman–Crippen MR) is 95.9 cm³/mol. The largest absolute Gasteiger partial charge is 0.508 e. The highest BCUT2D eigenvalue weighted by molar-refractivity contribution is 5.43. The molecule has 0 atom stereocenters. The molecule has 0 aromatic heterocycles. The minimum Gasteiger partial charge on any atom is -0.508 e. The van der Waals surface area contributed by atoms with Crippen LogP contribution >= 0.6 is 0 Å². The molecule has 0 unspecified atom stereocenters. The molecular weight excluding hydrogens is 316 g/mol. The molecule has 3 rings (SSSR count). The summed E-state index contributed by atoms with van der Waals surface area (Å²) in [5.74, 6) is 0.520. The van der Waals surface area contributed by atoms with Crippen LogP contribution in [0.25, 0.3) is 0 Å². The van der Waals surface area contributed by atoms with Crippen molar-refractivity contribution in [3.63, 3.8) is 0 Å². The SMILES string of the molecule is OCc1cc(Cc2cc(Cc3ccc(O)cc3)ccc2O)ccc1O. The van der Waals surface area contributed by atoms with Gasteiger partial charge in [-0.25, -0.2) is 0 Å². The lowest BCUT2D eigenvalue weighted by Gasteiger charge is -2.10. The average molecular weight is 336 g/mol. The molecule has 0 radical (unpaired) electrons. The molecule has 4 heteroatoms. The number of phenols is 3. The Kier molecular flexibility index (Phi) is 4.91. The van der Waals surface area contributed by atoms with Crippen molar-refractivity contribution in [3.8, 4) is 17.2 Å². The molecule has 4 N–H and O–H groups in total. The van der Waals surface area contributed by atoms with Gasteiger partial charge in [0.15, 0.2) is 0 Å². The zero-order valence-corrected chi connectivity index (χ0v) is 13.7. The van der Waals surface area contributed by atoms with Gasteiger partial charge in [0.2, 0.25) is 0 Å². The molecule has 0 aliphatic rings. The summed E-state index contributed by atoms with van der Waals surface area (Å²) in [4.78, 5) is 0. The standard InChI is InChI=1S/C21H20O4/c22-13-18-12-16(4-8-21(18)25)11-17-10-15(3-7-20(17)24)9-14-1-5-19(23)6-2-14/h1-8,10,12,22-25H,9,11,13H2. The normalized spacial score (nSPS) is 10.8. The van der Waals surface area contributed by atoms with Crippen molar-refractivity contribution in [3.05, 3.63) is 88.5 Å². The van der Waals surface area contributed by atoms with E-state index in [1.54, 1.807) is 36.4 Å². The molecule has 0 spiro atoms. The molecule has 0 amide bonds. The van der Waals surface area contributed by atoms with E-state index in [2.05, 4.69) is 0 Å². The summed E-state index contributed by atoms with van der Waals surface area (Å²) in [6.45, 7) is -0.230. The van der Waals surface area contributed by atoms with Gasteiger partial charge in [-0.15, -0.1) is 0 Å². The highest BCUT2D eigenvalue weighted by Gasteiger charge is 2.08. The van der Waals surface area contributed by atoms with Gasteiger partial charge < -0.3 is 20.4 Å². The summed E-state index contributed by atoms with van der Waals surface area (Å²) < 4.78 is 0. The quantitative estimate of drug-likeness (QED) is 0.575. The van der Waals surface area contributed by atoms with Crippen molar-refractivity contribution in [2.75, 3.05) is 0 Å². The second-order valence-electron chi connectivity index (χ2n) is 6.10. The molecule has 0 bridgehead atoms. The Morgan fingerprint density at radius 3 is 1.72 bits per heavy atom. The molecule has 25 heavy (non-hydrogen) atoms. The third kappa shape index (κ3) is 4.11. The molecule has 128 valence electrons. The van der Waals surface area contributed by atoms with Crippen molar-refractivity contribution in [2.45, 2.75) is 19.4 Å². The number of hydrogen-bond acceptors (Lipinski definition) is 4. The van der Waals surface area contributed by atoms with E-state index in [1.807, 2.05) is 24.3 Å². The first kappa shape index (κ1) is 16.9. The Morgan fingerprint density at radius 2 is 1.08 bits per heavy atom. The number of aliphatic hydroxyl groups is 1. The van der Waals surface area contributed by atoms with Gasteiger partial charge >= 0.3 is 0 Å². The van der Waals surface area contributed by atoms with Crippen LogP contribution in [-0.4, -0.2) is 20.4 Å². The van der Waals surface area contributed by atoms with Crippen LogP contribution in [0, 0.1) is 0 Å². The van der Waals surface area contributed by atoms with Gasteiger partial charge in [0, 0.05) is 12.0 Å². The molecule has 0 saturated heterocycles. The minimum atomic E-state index is -0.230. The van der Waals surface area contributed by atoms with E-state index in [0.29, 0.717) is 18.4 Å². The zero-order valence-electron chi connectivity index (χ0n) is 13.7. The van der Waals surface area contributed by atoms with Gasteiger partial charge in [0.1, 0.15) is 17.2 Å². The van der Waals surface area contributed by atoms with E-state index in [4.69, 9.17) is 0 Å². The number of aliphatic hydroxyl groups excluding tert-OH is 1. The van der Waals surface area contributed by atoms with E-state index in [1.165, 1.54) is 0 Å². The fraction of sp³-hybridized carbons (Fsp3) is 0.143. The van der Waals surface area contributed by atoms with Gasteiger partial charge in [0.25, 0.3) is 0 Å². The van der Waals surface area contributed by atoms with Crippen molar-refractivity contribution in [1.82, 2.24) is 0 Å². The Hall–Kier alpha value is -2.98. The second kappa shape index (κ2) is 7.28. The van der Waals surface area contributed by atoms with Gasteiger partial charge in [-0.3, -0.25) is 0 Å². The summed E-state index contributed by atoms with van der Waals surface area (Å²) in [5, 5.41) is 38.4. The van der Waals surface area contributed by atoms with Crippen LogP contribution in [0.1, 0.15) is 27.8 Å². The number of aromatic hydroxyl groups is 3. The first-order chi connectivity index (χ1) is 12.0. The number of benzene rings is 3. The van der Waals surface area contributed by atoms with Crippen LogP contribution in [0.5, 0.6) is 17.2 Å². The van der Waals surface area contributed by atoms with Gasteiger partial charge in [-0.1, -0.05) is 30.3 Å². The van der Waals surface area contributed by atoms with Crippen LogP contribution in [0.2, 0.25) is 0 Å². The smallest absolute Gasteiger partial charge is 0.121 e. The Bertz CT molecular complexity index is 870. The predicted octanol–water partition coefficient (Wildman–Crippen LogP) is 3.48. The van der Waals surface area contributed by atoms with Crippen LogP contribution in [0.4, 0.5) is 0 Å². The second-order valence-corrected chi connectivity index (χ2v) is 6.10. The van der Waals surface area contributed by atoms with E-state index < -0.39 is 0 Å². The van der Waals surface area contributed by atoms with E-state index in [0.717, 1.165) is 22.3 Å². The van der Waals surface area contributed by atoms with Gasteiger partial charge in [-0.05, 0) is 59.0 Å². The third-order valence-corrected chi connectivity index (χ3v) is 4.20. The lowest BCUT2D eigenvalue weighted by Crippen LogP contribution is -1.95. The molecule has 3 aromatic rings. The van der Waals surface area contributed by atoms with Crippen molar-refractivity contribution >= 4 is 0 Å².